The molecule has 1 N–H and O–H groups in total. The standard InChI is InChI=1S/C17H15F3N6/c1-2-26-9-10(6-22-26)14-7-21-8-15(23-14)16-24-12-4-3-11(17(18,19)20)5-13(12)25-16/h3-6,8-9,14H,2,7H2,1H3,(H,24,25). The maximum atomic E-state index is 12.9. The third-order valence-corrected chi connectivity index (χ3v) is 4.20. The van der Waals surface area contributed by atoms with Gasteiger partial charge in [-0.3, -0.25) is 14.7 Å². The minimum atomic E-state index is -4.40. The Morgan fingerprint density at radius 2 is 2.15 bits per heavy atom. The SMILES string of the molecule is CCn1cc(C2CN=CC(c3nc4ccc(C(F)(F)F)cc4[nH]3)=N2)cn1. The molecule has 1 aliphatic heterocycles. The first-order chi connectivity index (χ1) is 12.4. The first kappa shape index (κ1) is 16.5. The summed E-state index contributed by atoms with van der Waals surface area (Å²) in [5.41, 5.74) is 1.49. The van der Waals surface area contributed by atoms with Crippen LogP contribution >= 0.6 is 0 Å². The van der Waals surface area contributed by atoms with E-state index in [2.05, 4.69) is 25.1 Å². The minimum absolute atomic E-state index is 0.186. The van der Waals surface area contributed by atoms with E-state index < -0.39 is 11.7 Å². The van der Waals surface area contributed by atoms with Crippen molar-refractivity contribution in [3.8, 4) is 0 Å². The topological polar surface area (TPSA) is 71.2 Å². The molecule has 0 saturated carbocycles. The predicted molar refractivity (Wildman–Crippen MR) is 91.6 cm³/mol. The van der Waals surface area contributed by atoms with Crippen molar-refractivity contribution < 1.29 is 13.2 Å². The molecular formula is C17H15F3N6. The van der Waals surface area contributed by atoms with Gasteiger partial charge in [0, 0.05) is 18.3 Å². The third-order valence-electron chi connectivity index (χ3n) is 4.20. The highest BCUT2D eigenvalue weighted by atomic mass is 19.4. The summed E-state index contributed by atoms with van der Waals surface area (Å²) >= 11 is 0. The highest BCUT2D eigenvalue weighted by Gasteiger charge is 2.31. The lowest BCUT2D eigenvalue weighted by Crippen LogP contribution is -2.15. The largest absolute Gasteiger partial charge is 0.416 e. The van der Waals surface area contributed by atoms with Gasteiger partial charge in [-0.15, -0.1) is 0 Å². The summed E-state index contributed by atoms with van der Waals surface area (Å²) in [4.78, 5) is 16.2. The Balaban J connectivity index is 1.68. The summed E-state index contributed by atoms with van der Waals surface area (Å²) in [5.74, 6) is 0.399. The van der Waals surface area contributed by atoms with Crippen molar-refractivity contribution in [3.63, 3.8) is 0 Å². The van der Waals surface area contributed by atoms with E-state index in [1.54, 1.807) is 12.4 Å². The number of H-pyrrole nitrogens is 1. The van der Waals surface area contributed by atoms with Gasteiger partial charge < -0.3 is 4.98 Å². The number of aryl methyl sites for hydroxylation is 1. The van der Waals surface area contributed by atoms with Gasteiger partial charge in [0.15, 0.2) is 5.82 Å². The molecule has 0 amide bonds. The fourth-order valence-electron chi connectivity index (χ4n) is 2.82. The van der Waals surface area contributed by atoms with E-state index in [9.17, 15) is 13.2 Å². The average molecular weight is 360 g/mol. The first-order valence-corrected chi connectivity index (χ1v) is 8.11. The number of alkyl halides is 3. The van der Waals surface area contributed by atoms with Crippen LogP contribution in [0, 0.1) is 0 Å². The highest BCUT2D eigenvalue weighted by molar-refractivity contribution is 6.37. The number of fused-ring (bicyclic) bond motifs is 1. The number of imidazole rings is 1. The second-order valence-corrected chi connectivity index (χ2v) is 5.97. The molecule has 0 spiro atoms. The Kier molecular flexibility index (Phi) is 3.86. The van der Waals surface area contributed by atoms with Crippen LogP contribution in [0.2, 0.25) is 0 Å². The lowest BCUT2D eigenvalue weighted by Gasteiger charge is -2.13. The van der Waals surface area contributed by atoms with Gasteiger partial charge in [-0.05, 0) is 25.1 Å². The van der Waals surface area contributed by atoms with Crippen LogP contribution in [0.15, 0.2) is 40.6 Å². The van der Waals surface area contributed by atoms with Gasteiger partial charge in [-0.25, -0.2) is 4.98 Å². The molecule has 1 unspecified atom stereocenters. The third kappa shape index (κ3) is 3.00. The van der Waals surface area contributed by atoms with E-state index in [1.807, 2.05) is 17.8 Å². The van der Waals surface area contributed by atoms with Crippen LogP contribution in [0.1, 0.15) is 29.9 Å². The molecule has 9 heteroatoms. The van der Waals surface area contributed by atoms with Crippen LogP contribution in [0.3, 0.4) is 0 Å². The van der Waals surface area contributed by atoms with E-state index in [1.165, 1.54) is 6.07 Å². The number of hydrogen-bond acceptors (Lipinski definition) is 4. The molecule has 0 radical (unpaired) electrons. The number of halogens is 3. The number of nitrogens with zero attached hydrogens (tertiary/aromatic N) is 5. The Morgan fingerprint density at radius 3 is 2.88 bits per heavy atom. The normalized spacial score (nSPS) is 17.7. The molecule has 0 aliphatic carbocycles. The molecule has 3 heterocycles. The summed E-state index contributed by atoms with van der Waals surface area (Å²) in [6, 6.07) is 3.23. The van der Waals surface area contributed by atoms with Crippen LogP contribution in [0.5, 0.6) is 0 Å². The van der Waals surface area contributed by atoms with Crippen LogP contribution in [0.25, 0.3) is 11.0 Å². The molecule has 2 aromatic heterocycles. The molecule has 3 aromatic rings. The number of aromatic nitrogens is 4. The number of aliphatic imine (C=N–C) groups is 2. The molecular weight excluding hydrogens is 345 g/mol. The molecule has 6 nitrogen and oxygen atoms in total. The number of rotatable bonds is 3. The number of nitrogens with one attached hydrogen (secondary N) is 1. The fourth-order valence-corrected chi connectivity index (χ4v) is 2.82. The Labute approximate surface area is 146 Å². The quantitative estimate of drug-likeness (QED) is 0.777. The van der Waals surface area contributed by atoms with Crippen LogP contribution in [0.4, 0.5) is 13.2 Å². The summed E-state index contributed by atoms with van der Waals surface area (Å²) in [7, 11) is 0. The van der Waals surface area contributed by atoms with Crippen molar-refractivity contribution in [3.05, 3.63) is 47.5 Å². The first-order valence-electron chi connectivity index (χ1n) is 8.11. The van der Waals surface area contributed by atoms with Gasteiger partial charge in [0.2, 0.25) is 0 Å². The van der Waals surface area contributed by atoms with E-state index in [-0.39, 0.29) is 6.04 Å². The molecule has 1 aliphatic rings. The van der Waals surface area contributed by atoms with Crippen molar-refractivity contribution in [1.82, 2.24) is 19.7 Å². The fraction of sp³-hybridized carbons (Fsp3) is 0.294. The number of hydrogen-bond donors (Lipinski definition) is 1. The Hall–Kier alpha value is -2.97. The van der Waals surface area contributed by atoms with Gasteiger partial charge >= 0.3 is 6.18 Å². The highest BCUT2D eigenvalue weighted by Crippen LogP contribution is 2.31. The van der Waals surface area contributed by atoms with E-state index >= 15 is 0 Å². The second-order valence-electron chi connectivity index (χ2n) is 5.97. The number of aromatic amines is 1. The van der Waals surface area contributed by atoms with Crippen LogP contribution in [-0.4, -0.2) is 38.2 Å². The van der Waals surface area contributed by atoms with E-state index in [4.69, 9.17) is 0 Å². The second kappa shape index (κ2) is 6.08. The maximum Gasteiger partial charge on any atom is 0.416 e. The summed E-state index contributed by atoms with van der Waals surface area (Å²) < 4.78 is 40.4. The lowest BCUT2D eigenvalue weighted by molar-refractivity contribution is -0.137. The van der Waals surface area contributed by atoms with Gasteiger partial charge in [0.1, 0.15) is 5.71 Å². The van der Waals surface area contributed by atoms with Gasteiger partial charge in [-0.1, -0.05) is 0 Å². The van der Waals surface area contributed by atoms with Crippen LogP contribution < -0.4 is 0 Å². The van der Waals surface area contributed by atoms with Gasteiger partial charge in [-0.2, -0.15) is 18.3 Å². The van der Waals surface area contributed by atoms with Gasteiger partial charge in [0.05, 0.1) is 41.6 Å². The zero-order chi connectivity index (χ0) is 18.3. The molecule has 26 heavy (non-hydrogen) atoms. The lowest BCUT2D eigenvalue weighted by atomic mass is 10.1. The van der Waals surface area contributed by atoms with Crippen molar-refractivity contribution in [1.29, 1.82) is 0 Å². The van der Waals surface area contributed by atoms with E-state index in [0.717, 1.165) is 24.2 Å². The molecule has 4 rings (SSSR count). The zero-order valence-electron chi connectivity index (χ0n) is 13.8. The minimum Gasteiger partial charge on any atom is -0.337 e. The monoisotopic (exact) mass is 360 g/mol. The molecule has 0 bridgehead atoms. The van der Waals surface area contributed by atoms with Crippen molar-refractivity contribution in [2.24, 2.45) is 9.98 Å². The molecule has 1 atom stereocenters. The summed E-state index contributed by atoms with van der Waals surface area (Å²) in [6.07, 6.45) is 0.863. The summed E-state index contributed by atoms with van der Waals surface area (Å²) in [6.45, 7) is 3.25. The maximum absolute atomic E-state index is 12.9. The van der Waals surface area contributed by atoms with Crippen LogP contribution in [-0.2, 0) is 12.7 Å². The predicted octanol–water partition coefficient (Wildman–Crippen LogP) is 3.41. The van der Waals surface area contributed by atoms with Crippen molar-refractivity contribution >= 4 is 23.0 Å². The molecule has 1 aromatic carbocycles. The van der Waals surface area contributed by atoms with Crippen molar-refractivity contribution in [2.45, 2.75) is 25.7 Å². The Morgan fingerprint density at radius 1 is 1.31 bits per heavy atom. The molecule has 134 valence electrons. The molecule has 0 fully saturated rings. The average Bonchev–Trinajstić information content (AvgIpc) is 3.27. The van der Waals surface area contributed by atoms with E-state index in [0.29, 0.717) is 29.1 Å². The summed E-state index contributed by atoms with van der Waals surface area (Å²) in [5, 5.41) is 4.24. The smallest absolute Gasteiger partial charge is 0.337 e. The number of benzene rings is 1. The van der Waals surface area contributed by atoms with Gasteiger partial charge in [0.25, 0.3) is 0 Å². The zero-order valence-corrected chi connectivity index (χ0v) is 13.8. The molecule has 0 saturated heterocycles. The van der Waals surface area contributed by atoms with Crippen molar-refractivity contribution in [2.75, 3.05) is 6.54 Å². The Bertz CT molecular complexity index is 1010.